The van der Waals surface area contributed by atoms with Gasteiger partial charge in [0, 0.05) is 13.0 Å². The van der Waals surface area contributed by atoms with Crippen molar-refractivity contribution in [2.75, 3.05) is 13.1 Å². The van der Waals surface area contributed by atoms with Gasteiger partial charge in [-0.25, -0.2) is 4.79 Å². The molecule has 7 heteroatoms. The van der Waals surface area contributed by atoms with Gasteiger partial charge in [0.05, 0.1) is 5.41 Å². The van der Waals surface area contributed by atoms with Gasteiger partial charge >= 0.3 is 11.9 Å². The molecule has 0 spiro atoms. The summed E-state index contributed by atoms with van der Waals surface area (Å²) in [6.07, 6.45) is 1.84. The van der Waals surface area contributed by atoms with E-state index in [0.29, 0.717) is 13.0 Å². The van der Waals surface area contributed by atoms with Crippen LogP contribution >= 0.6 is 0 Å². The molecule has 0 aliphatic carbocycles. The molecule has 1 aliphatic heterocycles. The van der Waals surface area contributed by atoms with E-state index in [1.54, 1.807) is 0 Å². The van der Waals surface area contributed by atoms with Gasteiger partial charge in [-0.2, -0.15) is 0 Å². The zero-order valence-corrected chi connectivity index (χ0v) is 11.6. The van der Waals surface area contributed by atoms with Crippen LogP contribution in [-0.4, -0.2) is 47.2 Å². The number of rotatable bonds is 7. The van der Waals surface area contributed by atoms with Gasteiger partial charge in [-0.05, 0) is 39.2 Å². The first-order valence-electron chi connectivity index (χ1n) is 6.81. The molecule has 1 heterocycles. The van der Waals surface area contributed by atoms with Gasteiger partial charge in [0.15, 0.2) is 0 Å². The van der Waals surface area contributed by atoms with Crippen LogP contribution in [-0.2, 0) is 14.4 Å². The SMILES string of the molecule is CC1(C(=O)N[C@H](CCCC(=O)O)C(=O)O)CCCNC1. The highest BCUT2D eigenvalue weighted by atomic mass is 16.4. The lowest BCUT2D eigenvalue weighted by molar-refractivity contribution is -0.144. The second-order valence-corrected chi connectivity index (χ2v) is 5.49. The van der Waals surface area contributed by atoms with Crippen LogP contribution in [0, 0.1) is 5.41 Å². The Bertz CT molecular complexity index is 377. The molecular formula is C13H22N2O5. The number of aliphatic carboxylic acids is 2. The third kappa shape index (κ3) is 4.80. The van der Waals surface area contributed by atoms with Gasteiger partial charge < -0.3 is 20.8 Å². The van der Waals surface area contributed by atoms with E-state index in [1.165, 1.54) is 0 Å². The number of nitrogens with one attached hydrogen (secondary N) is 2. The second-order valence-electron chi connectivity index (χ2n) is 5.49. The molecule has 1 amide bonds. The predicted molar refractivity (Wildman–Crippen MR) is 71.3 cm³/mol. The maximum Gasteiger partial charge on any atom is 0.326 e. The van der Waals surface area contributed by atoms with E-state index < -0.39 is 23.4 Å². The Labute approximate surface area is 117 Å². The molecular weight excluding hydrogens is 264 g/mol. The van der Waals surface area contributed by atoms with Crippen molar-refractivity contribution in [2.24, 2.45) is 5.41 Å². The Morgan fingerprint density at radius 1 is 1.35 bits per heavy atom. The van der Waals surface area contributed by atoms with E-state index in [9.17, 15) is 14.4 Å². The molecule has 0 aromatic carbocycles. The number of carbonyl (C=O) groups excluding carboxylic acids is 1. The quantitative estimate of drug-likeness (QED) is 0.531. The van der Waals surface area contributed by atoms with E-state index >= 15 is 0 Å². The number of amides is 1. The first-order valence-corrected chi connectivity index (χ1v) is 6.81. The summed E-state index contributed by atoms with van der Waals surface area (Å²) in [5, 5.41) is 23.3. The molecule has 1 rings (SSSR count). The molecule has 0 saturated carbocycles. The van der Waals surface area contributed by atoms with Crippen molar-refractivity contribution in [3.8, 4) is 0 Å². The van der Waals surface area contributed by atoms with Crippen LogP contribution in [0.15, 0.2) is 0 Å². The zero-order valence-electron chi connectivity index (χ0n) is 11.6. The summed E-state index contributed by atoms with van der Waals surface area (Å²) in [5.41, 5.74) is -0.598. The van der Waals surface area contributed by atoms with Crippen LogP contribution < -0.4 is 10.6 Å². The van der Waals surface area contributed by atoms with Crippen molar-refractivity contribution in [3.63, 3.8) is 0 Å². The lowest BCUT2D eigenvalue weighted by atomic mass is 9.81. The van der Waals surface area contributed by atoms with E-state index in [1.807, 2.05) is 6.92 Å². The summed E-state index contributed by atoms with van der Waals surface area (Å²) < 4.78 is 0. The van der Waals surface area contributed by atoms with Crippen LogP contribution in [0.25, 0.3) is 0 Å². The fourth-order valence-electron chi connectivity index (χ4n) is 2.30. The molecule has 114 valence electrons. The Morgan fingerprint density at radius 2 is 2.05 bits per heavy atom. The topological polar surface area (TPSA) is 116 Å². The summed E-state index contributed by atoms with van der Waals surface area (Å²) in [4.78, 5) is 33.7. The molecule has 1 fully saturated rings. The largest absolute Gasteiger partial charge is 0.481 e. The average molecular weight is 286 g/mol. The van der Waals surface area contributed by atoms with Crippen LogP contribution in [0.3, 0.4) is 0 Å². The highest BCUT2D eigenvalue weighted by molar-refractivity contribution is 5.87. The van der Waals surface area contributed by atoms with Crippen molar-refractivity contribution in [1.29, 1.82) is 0 Å². The van der Waals surface area contributed by atoms with Gasteiger partial charge in [-0.1, -0.05) is 0 Å². The number of carbonyl (C=O) groups is 3. The molecule has 0 aromatic rings. The first kappa shape index (κ1) is 16.4. The average Bonchev–Trinajstić information content (AvgIpc) is 2.37. The van der Waals surface area contributed by atoms with Crippen LogP contribution in [0.4, 0.5) is 0 Å². The first-order chi connectivity index (χ1) is 9.35. The van der Waals surface area contributed by atoms with E-state index in [0.717, 1.165) is 13.0 Å². The van der Waals surface area contributed by atoms with E-state index in [4.69, 9.17) is 10.2 Å². The van der Waals surface area contributed by atoms with Crippen molar-refractivity contribution in [1.82, 2.24) is 10.6 Å². The van der Waals surface area contributed by atoms with Gasteiger partial charge in [0.2, 0.25) is 5.91 Å². The third-order valence-electron chi connectivity index (χ3n) is 3.63. The minimum atomic E-state index is -1.13. The molecule has 4 N–H and O–H groups in total. The standard InChI is InChI=1S/C13H22N2O5/c1-13(6-3-7-14-8-13)12(20)15-9(11(18)19)4-2-5-10(16)17/h9,14H,2-8H2,1H3,(H,15,20)(H,16,17)(H,18,19)/t9-,13?/m1/s1. The fraction of sp³-hybridized carbons (Fsp3) is 0.769. The summed E-state index contributed by atoms with van der Waals surface area (Å²) >= 11 is 0. The summed E-state index contributed by atoms with van der Waals surface area (Å²) in [6.45, 7) is 3.20. The normalized spacial score (nSPS) is 23.9. The molecule has 1 unspecified atom stereocenters. The molecule has 0 radical (unpaired) electrons. The minimum Gasteiger partial charge on any atom is -0.481 e. The minimum absolute atomic E-state index is 0.0987. The second kappa shape index (κ2) is 7.23. The summed E-state index contributed by atoms with van der Waals surface area (Å²) in [5.74, 6) is -2.38. The molecule has 2 atom stereocenters. The van der Waals surface area contributed by atoms with Gasteiger partial charge in [0.25, 0.3) is 0 Å². The van der Waals surface area contributed by atoms with Gasteiger partial charge in [-0.15, -0.1) is 0 Å². The maximum absolute atomic E-state index is 12.2. The third-order valence-corrected chi connectivity index (χ3v) is 3.63. The molecule has 7 nitrogen and oxygen atoms in total. The number of piperidine rings is 1. The van der Waals surface area contributed by atoms with Crippen LogP contribution in [0.5, 0.6) is 0 Å². The van der Waals surface area contributed by atoms with Crippen LogP contribution in [0.1, 0.15) is 39.0 Å². The Hall–Kier alpha value is -1.63. The summed E-state index contributed by atoms with van der Waals surface area (Å²) in [7, 11) is 0. The predicted octanol–water partition coefficient (Wildman–Crippen LogP) is 0.200. The lowest BCUT2D eigenvalue weighted by Crippen LogP contribution is -2.52. The lowest BCUT2D eigenvalue weighted by Gasteiger charge is -2.33. The molecule has 1 saturated heterocycles. The summed E-state index contributed by atoms with van der Waals surface area (Å²) in [6, 6.07) is -1.03. The molecule has 20 heavy (non-hydrogen) atoms. The molecule has 0 aromatic heterocycles. The smallest absolute Gasteiger partial charge is 0.326 e. The highest BCUT2D eigenvalue weighted by Crippen LogP contribution is 2.25. The number of hydrogen-bond acceptors (Lipinski definition) is 4. The van der Waals surface area contributed by atoms with Crippen LogP contribution in [0.2, 0.25) is 0 Å². The van der Waals surface area contributed by atoms with Crippen molar-refractivity contribution >= 4 is 17.8 Å². The van der Waals surface area contributed by atoms with Crippen molar-refractivity contribution < 1.29 is 24.6 Å². The zero-order chi connectivity index (χ0) is 15.2. The Kier molecular flexibility index (Phi) is 5.94. The number of carboxylic acid groups (broad SMARTS) is 2. The molecule has 1 aliphatic rings. The Morgan fingerprint density at radius 3 is 2.55 bits per heavy atom. The van der Waals surface area contributed by atoms with Gasteiger partial charge in [-0.3, -0.25) is 9.59 Å². The monoisotopic (exact) mass is 286 g/mol. The Balaban J connectivity index is 2.53. The molecule has 0 bridgehead atoms. The highest BCUT2D eigenvalue weighted by Gasteiger charge is 2.36. The maximum atomic E-state index is 12.2. The van der Waals surface area contributed by atoms with Crippen molar-refractivity contribution in [2.45, 2.75) is 45.1 Å². The van der Waals surface area contributed by atoms with E-state index in [2.05, 4.69) is 10.6 Å². The van der Waals surface area contributed by atoms with Crippen molar-refractivity contribution in [3.05, 3.63) is 0 Å². The number of carboxylic acids is 2. The fourth-order valence-corrected chi connectivity index (χ4v) is 2.30. The van der Waals surface area contributed by atoms with E-state index in [-0.39, 0.29) is 25.2 Å². The van der Waals surface area contributed by atoms with Gasteiger partial charge in [0.1, 0.15) is 6.04 Å². The number of hydrogen-bond donors (Lipinski definition) is 4.